The third-order valence-electron chi connectivity index (χ3n) is 4.34. The lowest BCUT2D eigenvalue weighted by Gasteiger charge is -2.11. The van der Waals surface area contributed by atoms with Gasteiger partial charge >= 0.3 is 18.3 Å². The SMILES string of the molecule is O=C(O)Nc1nc2ccc(Oc3ccc(NC(=O)Nc4cccc(C(F)(F)F)c4)cn3)cc2[nH]1. The zero-order valence-electron chi connectivity index (χ0n) is 17.0. The number of fused-ring (bicyclic) bond motifs is 1. The zero-order chi connectivity index (χ0) is 24.3. The Balaban J connectivity index is 1.37. The molecule has 4 rings (SSSR count). The average molecular weight is 472 g/mol. The number of imidazole rings is 1. The van der Waals surface area contributed by atoms with Gasteiger partial charge in [0.15, 0.2) is 0 Å². The number of hydrogen-bond donors (Lipinski definition) is 5. The molecule has 0 fully saturated rings. The minimum atomic E-state index is -4.52. The Morgan fingerprint density at radius 1 is 0.971 bits per heavy atom. The molecule has 0 bridgehead atoms. The van der Waals surface area contributed by atoms with Gasteiger partial charge in [-0.15, -0.1) is 0 Å². The van der Waals surface area contributed by atoms with Crippen LogP contribution in [-0.2, 0) is 6.18 Å². The van der Waals surface area contributed by atoms with Crippen molar-refractivity contribution in [1.82, 2.24) is 15.0 Å². The minimum Gasteiger partial charge on any atom is -0.465 e. The number of aromatic amines is 1. The predicted molar refractivity (Wildman–Crippen MR) is 116 cm³/mol. The van der Waals surface area contributed by atoms with Crippen molar-refractivity contribution in [2.24, 2.45) is 0 Å². The molecule has 0 atom stereocenters. The molecule has 2 aromatic heterocycles. The quantitative estimate of drug-likeness (QED) is 0.260. The number of carboxylic acid groups (broad SMARTS) is 1. The number of hydrogen-bond acceptors (Lipinski definition) is 5. The number of nitrogens with zero attached hydrogens (tertiary/aromatic N) is 2. The largest absolute Gasteiger partial charge is 0.465 e. The summed E-state index contributed by atoms with van der Waals surface area (Å²) >= 11 is 0. The molecule has 2 heterocycles. The van der Waals surface area contributed by atoms with Gasteiger partial charge in [0.1, 0.15) is 5.75 Å². The number of H-pyrrole nitrogens is 1. The molecule has 34 heavy (non-hydrogen) atoms. The molecular weight excluding hydrogens is 457 g/mol. The number of nitrogens with one attached hydrogen (secondary N) is 4. The first-order valence-electron chi connectivity index (χ1n) is 9.54. The van der Waals surface area contributed by atoms with Crippen LogP contribution in [0.1, 0.15) is 5.56 Å². The number of ether oxygens (including phenoxy) is 1. The lowest BCUT2D eigenvalue weighted by molar-refractivity contribution is -0.137. The van der Waals surface area contributed by atoms with Gasteiger partial charge in [-0.1, -0.05) is 6.07 Å². The predicted octanol–water partition coefficient (Wildman–Crippen LogP) is 5.50. The molecule has 0 saturated heterocycles. The summed E-state index contributed by atoms with van der Waals surface area (Å²) in [4.78, 5) is 33.7. The minimum absolute atomic E-state index is 0.0175. The van der Waals surface area contributed by atoms with E-state index in [9.17, 15) is 22.8 Å². The molecule has 0 spiro atoms. The van der Waals surface area contributed by atoms with Gasteiger partial charge in [0.25, 0.3) is 0 Å². The zero-order valence-corrected chi connectivity index (χ0v) is 17.0. The summed E-state index contributed by atoms with van der Waals surface area (Å²) in [6, 6.07) is 11.3. The molecule has 5 N–H and O–H groups in total. The lowest BCUT2D eigenvalue weighted by atomic mass is 10.2. The van der Waals surface area contributed by atoms with Crippen LogP contribution in [0.3, 0.4) is 0 Å². The second kappa shape index (κ2) is 8.97. The van der Waals surface area contributed by atoms with E-state index >= 15 is 0 Å². The van der Waals surface area contributed by atoms with Crippen LogP contribution in [0.2, 0.25) is 0 Å². The Morgan fingerprint density at radius 3 is 2.47 bits per heavy atom. The third kappa shape index (κ3) is 5.51. The smallest absolute Gasteiger partial charge is 0.416 e. The van der Waals surface area contributed by atoms with Crippen molar-refractivity contribution >= 4 is 40.5 Å². The molecule has 2 aromatic carbocycles. The van der Waals surface area contributed by atoms with Crippen LogP contribution in [0.15, 0.2) is 60.8 Å². The van der Waals surface area contributed by atoms with E-state index in [4.69, 9.17) is 9.84 Å². The molecule has 0 saturated carbocycles. The highest BCUT2D eigenvalue weighted by atomic mass is 19.4. The van der Waals surface area contributed by atoms with Crippen LogP contribution in [0.5, 0.6) is 11.6 Å². The monoisotopic (exact) mass is 472 g/mol. The Hall–Kier alpha value is -4.81. The summed E-state index contributed by atoms with van der Waals surface area (Å²) in [6.45, 7) is 0. The summed E-state index contributed by atoms with van der Waals surface area (Å²) in [6.07, 6.45) is -4.46. The molecule has 0 radical (unpaired) electrons. The fourth-order valence-corrected chi connectivity index (χ4v) is 2.91. The van der Waals surface area contributed by atoms with E-state index in [1.54, 1.807) is 18.2 Å². The number of carbonyl (C=O) groups excluding carboxylic acids is 1. The number of aromatic nitrogens is 3. The van der Waals surface area contributed by atoms with Gasteiger partial charge in [-0.2, -0.15) is 13.2 Å². The Morgan fingerprint density at radius 2 is 1.76 bits per heavy atom. The van der Waals surface area contributed by atoms with Crippen molar-refractivity contribution in [2.45, 2.75) is 6.18 Å². The normalized spacial score (nSPS) is 11.1. The number of rotatable bonds is 5. The highest BCUT2D eigenvalue weighted by Gasteiger charge is 2.30. The fourth-order valence-electron chi connectivity index (χ4n) is 2.91. The number of amides is 3. The van der Waals surface area contributed by atoms with Crippen LogP contribution >= 0.6 is 0 Å². The number of benzene rings is 2. The van der Waals surface area contributed by atoms with E-state index in [-0.39, 0.29) is 23.2 Å². The number of alkyl halides is 3. The van der Waals surface area contributed by atoms with E-state index in [0.29, 0.717) is 16.8 Å². The van der Waals surface area contributed by atoms with Crippen LogP contribution in [0.25, 0.3) is 11.0 Å². The van der Waals surface area contributed by atoms with Crippen LogP contribution in [0.4, 0.5) is 40.1 Å². The van der Waals surface area contributed by atoms with E-state index in [1.165, 1.54) is 30.5 Å². The van der Waals surface area contributed by atoms with Crippen molar-refractivity contribution in [2.75, 3.05) is 16.0 Å². The molecule has 10 nitrogen and oxygen atoms in total. The van der Waals surface area contributed by atoms with Gasteiger partial charge in [0.2, 0.25) is 11.8 Å². The lowest BCUT2D eigenvalue weighted by Crippen LogP contribution is -2.19. The van der Waals surface area contributed by atoms with Crippen molar-refractivity contribution in [3.05, 3.63) is 66.4 Å². The molecule has 3 amide bonds. The van der Waals surface area contributed by atoms with Gasteiger partial charge in [-0.25, -0.2) is 19.6 Å². The average Bonchev–Trinajstić information content (AvgIpc) is 3.15. The highest BCUT2D eigenvalue weighted by Crippen LogP contribution is 2.30. The van der Waals surface area contributed by atoms with Crippen molar-refractivity contribution in [3.63, 3.8) is 0 Å². The molecule has 0 unspecified atom stereocenters. The molecule has 13 heteroatoms. The van der Waals surface area contributed by atoms with E-state index < -0.39 is 23.9 Å². The first-order valence-corrected chi connectivity index (χ1v) is 9.54. The number of anilines is 3. The fraction of sp³-hybridized carbons (Fsp3) is 0.0476. The number of pyridine rings is 1. The Bertz CT molecular complexity index is 1350. The van der Waals surface area contributed by atoms with Crippen molar-refractivity contribution in [3.8, 4) is 11.6 Å². The second-order valence-electron chi connectivity index (χ2n) is 6.84. The van der Waals surface area contributed by atoms with Crippen LogP contribution in [0, 0.1) is 0 Å². The van der Waals surface area contributed by atoms with Crippen molar-refractivity contribution in [1.29, 1.82) is 0 Å². The first kappa shape index (κ1) is 22.4. The van der Waals surface area contributed by atoms with Crippen LogP contribution in [-0.4, -0.2) is 32.2 Å². The molecule has 0 aliphatic heterocycles. The van der Waals surface area contributed by atoms with Gasteiger partial charge in [0.05, 0.1) is 28.5 Å². The summed E-state index contributed by atoms with van der Waals surface area (Å²) < 4.78 is 44.0. The summed E-state index contributed by atoms with van der Waals surface area (Å²) in [5.74, 6) is 0.664. The first-order chi connectivity index (χ1) is 16.2. The highest BCUT2D eigenvalue weighted by molar-refractivity contribution is 5.99. The number of halogens is 3. The maximum absolute atomic E-state index is 12.8. The molecule has 4 aromatic rings. The topological polar surface area (TPSA) is 141 Å². The van der Waals surface area contributed by atoms with E-state index in [0.717, 1.165) is 12.1 Å². The summed E-state index contributed by atoms with van der Waals surface area (Å²) in [5.41, 5.74) is 0.443. The van der Waals surface area contributed by atoms with Gasteiger partial charge in [0, 0.05) is 17.8 Å². The standard InChI is InChI=1S/C21H15F3N6O4/c22-21(23,24)11-2-1-3-12(8-11)26-19(31)27-13-4-7-17(25-10-13)34-14-5-6-15-16(9-14)29-18(28-15)30-20(32)33/h1-10H,(H,32,33)(H2,26,27,31)(H2,28,29,30). The van der Waals surface area contributed by atoms with Gasteiger partial charge in [-0.05, 0) is 36.4 Å². The maximum atomic E-state index is 12.8. The molecular formula is C21H15F3N6O4. The summed E-state index contributed by atoms with van der Waals surface area (Å²) in [7, 11) is 0. The van der Waals surface area contributed by atoms with E-state index in [1.807, 2.05) is 0 Å². The van der Waals surface area contributed by atoms with Crippen LogP contribution < -0.4 is 20.7 Å². The maximum Gasteiger partial charge on any atom is 0.416 e. The number of urea groups is 1. The second-order valence-corrected chi connectivity index (χ2v) is 6.84. The van der Waals surface area contributed by atoms with Gasteiger partial charge < -0.3 is 25.5 Å². The molecule has 174 valence electrons. The molecule has 0 aliphatic carbocycles. The van der Waals surface area contributed by atoms with E-state index in [2.05, 4.69) is 30.9 Å². The summed E-state index contributed by atoms with van der Waals surface area (Å²) in [5, 5.41) is 15.7. The van der Waals surface area contributed by atoms with Crippen molar-refractivity contribution < 1.29 is 32.6 Å². The molecule has 0 aliphatic rings. The Kier molecular flexibility index (Phi) is 5.91. The Labute approximate surface area is 188 Å². The number of carbonyl (C=O) groups is 2. The third-order valence-corrected chi connectivity index (χ3v) is 4.34. The van der Waals surface area contributed by atoms with Gasteiger partial charge in [-0.3, -0.25) is 5.32 Å².